The zero-order chi connectivity index (χ0) is 11.4. The van der Waals surface area contributed by atoms with Gasteiger partial charge in [0.2, 0.25) is 0 Å². The molecular weight excluding hydrogens is 206 g/mol. The molecule has 1 aromatic heterocycles. The van der Waals surface area contributed by atoms with Crippen LogP contribution in [0, 0.1) is 13.8 Å². The smallest absolute Gasteiger partial charge is 0.0746 e. The van der Waals surface area contributed by atoms with Gasteiger partial charge in [-0.15, -0.1) is 0 Å². The van der Waals surface area contributed by atoms with Crippen LogP contribution in [0.1, 0.15) is 25.0 Å². The summed E-state index contributed by atoms with van der Waals surface area (Å²) < 4.78 is 0. The van der Waals surface area contributed by atoms with Crippen molar-refractivity contribution in [3.05, 3.63) is 40.5 Å². The lowest BCUT2D eigenvalue weighted by molar-refractivity contribution is 1.31. The molecule has 1 heterocycles. The lowest BCUT2D eigenvalue weighted by Crippen LogP contribution is -1.85. The van der Waals surface area contributed by atoms with Crippen LogP contribution in [0.15, 0.2) is 24.4 Å². The van der Waals surface area contributed by atoms with E-state index in [1.54, 1.807) is 0 Å². The number of benzene rings is 1. The lowest BCUT2D eigenvalue weighted by Gasteiger charge is -2.03. The molecule has 0 aliphatic carbocycles. The Hall–Kier alpha value is -1.08. The molecule has 2 heteroatoms. The van der Waals surface area contributed by atoms with Crippen molar-refractivity contribution in [2.45, 2.75) is 27.7 Å². The van der Waals surface area contributed by atoms with Crippen LogP contribution >= 0.6 is 11.6 Å². The largest absolute Gasteiger partial charge is 0.256 e. The van der Waals surface area contributed by atoms with Crippen molar-refractivity contribution in [1.29, 1.82) is 0 Å². The average molecular weight is 222 g/mol. The molecule has 1 aromatic carbocycles. The Bertz CT molecular complexity index is 463. The van der Waals surface area contributed by atoms with Crippen LogP contribution < -0.4 is 0 Å². The summed E-state index contributed by atoms with van der Waals surface area (Å²) in [5, 5.41) is 1.94. The quantitative estimate of drug-likeness (QED) is 0.637. The van der Waals surface area contributed by atoms with Crippen molar-refractivity contribution in [2.75, 3.05) is 0 Å². The molecular formula is C13H16ClN. The normalized spacial score (nSPS) is 9.67. The molecule has 2 rings (SSSR count). The summed E-state index contributed by atoms with van der Waals surface area (Å²) in [6.45, 7) is 8.03. The highest BCUT2D eigenvalue weighted by Gasteiger charge is 2.02. The molecule has 0 saturated heterocycles. The van der Waals surface area contributed by atoms with E-state index in [0.717, 1.165) is 21.5 Å². The molecule has 0 fully saturated rings. The summed E-state index contributed by atoms with van der Waals surface area (Å²) in [7, 11) is 0. The van der Waals surface area contributed by atoms with Crippen molar-refractivity contribution in [3.8, 4) is 0 Å². The Kier molecular flexibility index (Phi) is 4.10. The summed E-state index contributed by atoms with van der Waals surface area (Å²) in [5.74, 6) is 0. The third-order valence-corrected chi connectivity index (χ3v) is 2.59. The number of nitrogens with zero attached hydrogens (tertiary/aromatic N) is 1. The topological polar surface area (TPSA) is 12.9 Å². The number of aromatic nitrogens is 1. The summed E-state index contributed by atoms with van der Waals surface area (Å²) in [6, 6.07) is 6.04. The van der Waals surface area contributed by atoms with Crippen molar-refractivity contribution in [3.63, 3.8) is 0 Å². The van der Waals surface area contributed by atoms with Crippen molar-refractivity contribution in [1.82, 2.24) is 4.98 Å². The van der Waals surface area contributed by atoms with Gasteiger partial charge in [-0.05, 0) is 37.1 Å². The fraction of sp³-hybridized carbons (Fsp3) is 0.308. The summed E-state index contributed by atoms with van der Waals surface area (Å²) in [6.07, 6.45) is 1.87. The van der Waals surface area contributed by atoms with E-state index in [-0.39, 0.29) is 0 Å². The van der Waals surface area contributed by atoms with E-state index in [2.05, 4.69) is 11.1 Å². The minimum absolute atomic E-state index is 0.781. The number of rotatable bonds is 0. The predicted molar refractivity (Wildman–Crippen MR) is 67.6 cm³/mol. The molecule has 2 aromatic rings. The molecule has 15 heavy (non-hydrogen) atoms. The number of hydrogen-bond acceptors (Lipinski definition) is 1. The third kappa shape index (κ3) is 2.48. The fourth-order valence-corrected chi connectivity index (χ4v) is 1.59. The summed E-state index contributed by atoms with van der Waals surface area (Å²) in [4.78, 5) is 4.36. The molecule has 0 saturated carbocycles. The molecule has 0 atom stereocenters. The first-order valence-electron chi connectivity index (χ1n) is 5.20. The van der Waals surface area contributed by atoms with Crippen LogP contribution in [0.3, 0.4) is 0 Å². The highest BCUT2D eigenvalue weighted by Crippen LogP contribution is 2.23. The summed E-state index contributed by atoms with van der Waals surface area (Å²) >= 11 is 5.99. The maximum atomic E-state index is 5.99. The van der Waals surface area contributed by atoms with Crippen molar-refractivity contribution < 1.29 is 0 Å². The van der Waals surface area contributed by atoms with Crippen LogP contribution in [0.4, 0.5) is 0 Å². The van der Waals surface area contributed by atoms with Gasteiger partial charge in [-0.25, -0.2) is 0 Å². The van der Waals surface area contributed by atoms with E-state index in [9.17, 15) is 0 Å². The number of pyridine rings is 1. The summed E-state index contributed by atoms with van der Waals surface area (Å²) in [5.41, 5.74) is 3.23. The second kappa shape index (κ2) is 5.13. The van der Waals surface area contributed by atoms with Gasteiger partial charge in [0.15, 0.2) is 0 Å². The zero-order valence-electron chi connectivity index (χ0n) is 9.63. The third-order valence-electron chi connectivity index (χ3n) is 2.18. The van der Waals surface area contributed by atoms with E-state index < -0.39 is 0 Å². The Labute approximate surface area is 96.1 Å². The molecule has 0 aliphatic heterocycles. The van der Waals surface area contributed by atoms with Crippen molar-refractivity contribution >= 4 is 22.5 Å². The number of hydrogen-bond donors (Lipinski definition) is 0. The fourth-order valence-electron chi connectivity index (χ4n) is 1.43. The van der Waals surface area contributed by atoms with E-state index in [4.69, 9.17) is 11.6 Å². The second-order valence-corrected chi connectivity index (χ2v) is 3.66. The van der Waals surface area contributed by atoms with Crippen LogP contribution in [-0.4, -0.2) is 4.98 Å². The van der Waals surface area contributed by atoms with E-state index in [1.807, 2.05) is 46.0 Å². The molecule has 1 nitrogen and oxygen atoms in total. The Morgan fingerprint density at radius 3 is 2.47 bits per heavy atom. The van der Waals surface area contributed by atoms with Crippen LogP contribution in [0.5, 0.6) is 0 Å². The molecule has 0 spiro atoms. The average Bonchev–Trinajstić information content (AvgIpc) is 2.26. The highest BCUT2D eigenvalue weighted by molar-refractivity contribution is 6.32. The first-order valence-corrected chi connectivity index (χ1v) is 5.58. The lowest BCUT2D eigenvalue weighted by atomic mass is 10.1. The zero-order valence-corrected chi connectivity index (χ0v) is 10.4. The first kappa shape index (κ1) is 12.0. The number of fused-ring (bicyclic) bond motifs is 1. The Balaban J connectivity index is 0.000000531. The van der Waals surface area contributed by atoms with Gasteiger partial charge < -0.3 is 0 Å². The van der Waals surface area contributed by atoms with Crippen LogP contribution in [-0.2, 0) is 0 Å². The molecule has 0 radical (unpaired) electrons. The highest BCUT2D eigenvalue weighted by atomic mass is 35.5. The SMILES string of the molecule is CC.Cc1cnc2c(C)c(Cl)ccc2c1. The molecule has 0 unspecified atom stereocenters. The van der Waals surface area contributed by atoms with Gasteiger partial charge in [0.25, 0.3) is 0 Å². The van der Waals surface area contributed by atoms with E-state index in [1.165, 1.54) is 5.56 Å². The molecule has 0 amide bonds. The van der Waals surface area contributed by atoms with E-state index in [0.29, 0.717) is 0 Å². The maximum absolute atomic E-state index is 5.99. The van der Waals surface area contributed by atoms with Gasteiger partial charge in [0.1, 0.15) is 0 Å². The molecule has 80 valence electrons. The van der Waals surface area contributed by atoms with Crippen LogP contribution in [0.2, 0.25) is 5.02 Å². The van der Waals surface area contributed by atoms with Crippen molar-refractivity contribution in [2.24, 2.45) is 0 Å². The minimum Gasteiger partial charge on any atom is -0.256 e. The second-order valence-electron chi connectivity index (χ2n) is 3.26. The van der Waals surface area contributed by atoms with Gasteiger partial charge in [0, 0.05) is 16.6 Å². The van der Waals surface area contributed by atoms with Gasteiger partial charge in [-0.2, -0.15) is 0 Å². The van der Waals surface area contributed by atoms with Gasteiger partial charge >= 0.3 is 0 Å². The molecule has 0 aliphatic rings. The molecule has 0 N–H and O–H groups in total. The Morgan fingerprint density at radius 1 is 1.13 bits per heavy atom. The monoisotopic (exact) mass is 221 g/mol. The standard InChI is InChI=1S/C11H10ClN.C2H6/c1-7-5-9-3-4-10(12)8(2)11(9)13-6-7;1-2/h3-6H,1-2H3;1-2H3. The minimum atomic E-state index is 0.781. The predicted octanol–water partition coefficient (Wildman–Crippen LogP) is 4.53. The number of halogens is 1. The van der Waals surface area contributed by atoms with Crippen LogP contribution in [0.25, 0.3) is 10.9 Å². The van der Waals surface area contributed by atoms with E-state index >= 15 is 0 Å². The van der Waals surface area contributed by atoms with Gasteiger partial charge in [-0.3, -0.25) is 4.98 Å². The van der Waals surface area contributed by atoms with Gasteiger partial charge in [0.05, 0.1) is 5.52 Å². The number of aryl methyl sites for hydroxylation is 2. The maximum Gasteiger partial charge on any atom is 0.0746 e. The van der Waals surface area contributed by atoms with Gasteiger partial charge in [-0.1, -0.05) is 31.5 Å². The first-order chi connectivity index (χ1) is 7.18. The molecule has 0 bridgehead atoms. The Morgan fingerprint density at radius 2 is 1.80 bits per heavy atom.